The van der Waals surface area contributed by atoms with Crippen LogP contribution in [0.2, 0.25) is 0 Å². The first-order chi connectivity index (χ1) is 18.6. The molecule has 6 rings (SSSR count). The molecule has 0 atom stereocenters. The highest BCUT2D eigenvalue weighted by molar-refractivity contribution is 7.09. The van der Waals surface area contributed by atoms with Crippen LogP contribution in [0, 0.1) is 0 Å². The largest absolute Gasteiger partial charge is 0.353 e. The Hall–Kier alpha value is -3.99. The number of nitrogens with one attached hydrogen (secondary N) is 2. The van der Waals surface area contributed by atoms with Crippen molar-refractivity contribution in [1.29, 1.82) is 0 Å². The normalized spacial score (nSPS) is 16.7. The summed E-state index contributed by atoms with van der Waals surface area (Å²) >= 11 is 1.53. The van der Waals surface area contributed by atoms with E-state index in [4.69, 9.17) is 0 Å². The van der Waals surface area contributed by atoms with Crippen LogP contribution in [0.15, 0.2) is 54.0 Å². The zero-order valence-electron chi connectivity index (χ0n) is 21.0. The number of para-hydroxylation sites is 2. The molecule has 0 aliphatic carbocycles. The average molecular weight is 531 g/mol. The van der Waals surface area contributed by atoms with E-state index < -0.39 is 0 Å². The van der Waals surface area contributed by atoms with Gasteiger partial charge in [-0.15, -0.1) is 11.3 Å². The lowest BCUT2D eigenvalue weighted by atomic mass is 9.98. The summed E-state index contributed by atoms with van der Waals surface area (Å²) in [5, 5.41) is 5.70. The van der Waals surface area contributed by atoms with Crippen molar-refractivity contribution in [3.63, 3.8) is 0 Å². The molecule has 0 bridgehead atoms. The number of benzene rings is 1. The van der Waals surface area contributed by atoms with Crippen LogP contribution in [-0.2, 0) is 6.54 Å². The maximum Gasteiger partial charge on any atom is 0.320 e. The Labute approximate surface area is 224 Å². The fourth-order valence-corrected chi connectivity index (χ4v) is 6.08. The molecule has 38 heavy (non-hydrogen) atoms. The van der Waals surface area contributed by atoms with Crippen molar-refractivity contribution in [2.45, 2.75) is 25.3 Å². The average Bonchev–Trinajstić information content (AvgIpc) is 3.64. The number of hydrogen-bond donors (Lipinski definition) is 2. The molecule has 2 fully saturated rings. The smallest absolute Gasteiger partial charge is 0.320 e. The van der Waals surface area contributed by atoms with Crippen LogP contribution in [-0.4, -0.2) is 80.9 Å². The number of H-pyrrole nitrogens is 1. The van der Waals surface area contributed by atoms with E-state index in [9.17, 15) is 9.59 Å². The van der Waals surface area contributed by atoms with Crippen molar-refractivity contribution in [2.75, 3.05) is 44.2 Å². The van der Waals surface area contributed by atoms with Gasteiger partial charge in [0.15, 0.2) is 0 Å². The van der Waals surface area contributed by atoms with E-state index in [0.717, 1.165) is 47.8 Å². The first kappa shape index (κ1) is 24.4. The summed E-state index contributed by atoms with van der Waals surface area (Å²) in [5.74, 6) is 1.74. The molecule has 2 aliphatic heterocycles. The molecule has 2 aliphatic rings. The molecule has 1 aromatic carbocycles. The molecule has 0 spiro atoms. The third-order valence-corrected chi connectivity index (χ3v) is 8.25. The minimum Gasteiger partial charge on any atom is -0.353 e. The Balaban J connectivity index is 0.974. The second-order valence-corrected chi connectivity index (χ2v) is 10.5. The topological polar surface area (TPSA) is 110 Å². The molecule has 10 nitrogen and oxygen atoms in total. The van der Waals surface area contributed by atoms with E-state index >= 15 is 0 Å². The molecule has 11 heteroatoms. The van der Waals surface area contributed by atoms with Crippen molar-refractivity contribution in [3.8, 4) is 0 Å². The zero-order valence-corrected chi connectivity index (χ0v) is 21.9. The number of nitrogens with zero attached hydrogens (tertiary/aromatic N) is 6. The Morgan fingerprint density at radius 2 is 1.71 bits per heavy atom. The van der Waals surface area contributed by atoms with Gasteiger partial charge in [0, 0.05) is 56.8 Å². The van der Waals surface area contributed by atoms with E-state index in [1.807, 2.05) is 57.6 Å². The summed E-state index contributed by atoms with van der Waals surface area (Å²) in [7, 11) is 0. The van der Waals surface area contributed by atoms with Crippen LogP contribution in [0.4, 0.5) is 10.6 Å². The van der Waals surface area contributed by atoms with Crippen molar-refractivity contribution in [3.05, 3.63) is 70.6 Å². The van der Waals surface area contributed by atoms with Gasteiger partial charge in [-0.1, -0.05) is 18.2 Å². The van der Waals surface area contributed by atoms with Gasteiger partial charge in [-0.3, -0.25) is 4.79 Å². The summed E-state index contributed by atoms with van der Waals surface area (Å²) < 4.78 is 0. The number of anilines is 1. The van der Waals surface area contributed by atoms with Gasteiger partial charge < -0.3 is 25.0 Å². The van der Waals surface area contributed by atoms with Gasteiger partial charge in [0.05, 0.1) is 22.6 Å². The fourth-order valence-electron chi connectivity index (χ4n) is 5.11. The maximum atomic E-state index is 13.1. The number of rotatable bonds is 5. The lowest BCUT2D eigenvalue weighted by Gasteiger charge is -2.39. The third kappa shape index (κ3) is 5.19. The van der Waals surface area contributed by atoms with E-state index in [-0.39, 0.29) is 17.9 Å². The Kier molecular flexibility index (Phi) is 6.91. The predicted octanol–water partition coefficient (Wildman–Crippen LogP) is 3.47. The molecule has 2 N–H and O–H groups in total. The van der Waals surface area contributed by atoms with E-state index in [1.165, 1.54) is 11.3 Å². The monoisotopic (exact) mass is 530 g/mol. The number of urea groups is 1. The van der Waals surface area contributed by atoms with Gasteiger partial charge in [0.1, 0.15) is 17.3 Å². The van der Waals surface area contributed by atoms with Gasteiger partial charge in [-0.2, -0.15) is 0 Å². The second-order valence-electron chi connectivity index (χ2n) is 9.66. The van der Waals surface area contributed by atoms with Crippen molar-refractivity contribution < 1.29 is 9.59 Å². The van der Waals surface area contributed by atoms with Crippen LogP contribution < -0.4 is 10.2 Å². The molecule has 4 aromatic rings. The number of carbonyl (C=O) groups is 2. The SMILES string of the molecule is O=C(NCc1nc2ccccc2[nH]1)c1csc(C2CCN(C(=O)N3CCN(c4ccccn4)CC3)CC2)n1. The number of pyridine rings is 1. The predicted molar refractivity (Wildman–Crippen MR) is 146 cm³/mol. The molecule has 196 valence electrons. The quantitative estimate of drug-likeness (QED) is 0.409. The lowest BCUT2D eigenvalue weighted by molar-refractivity contribution is 0.0945. The summed E-state index contributed by atoms with van der Waals surface area (Å²) in [6.07, 6.45) is 3.51. The molecule has 5 heterocycles. The number of hydrogen-bond acceptors (Lipinski definition) is 7. The molecular formula is C27H30N8O2S. The molecule has 2 saturated heterocycles. The Morgan fingerprint density at radius 3 is 2.47 bits per heavy atom. The van der Waals surface area contributed by atoms with Crippen LogP contribution in [0.5, 0.6) is 0 Å². The van der Waals surface area contributed by atoms with Gasteiger partial charge in [-0.25, -0.2) is 19.7 Å². The molecule has 0 saturated carbocycles. The number of piperazine rings is 1. The highest BCUT2D eigenvalue weighted by atomic mass is 32.1. The van der Waals surface area contributed by atoms with Gasteiger partial charge in [0.2, 0.25) is 0 Å². The highest BCUT2D eigenvalue weighted by Gasteiger charge is 2.30. The third-order valence-electron chi connectivity index (χ3n) is 7.25. The number of thiazole rings is 1. The minimum atomic E-state index is -0.203. The van der Waals surface area contributed by atoms with Crippen LogP contribution in [0.3, 0.4) is 0 Å². The number of aromatic amines is 1. The number of amides is 3. The first-order valence-corrected chi connectivity index (χ1v) is 13.9. The number of aromatic nitrogens is 4. The molecule has 0 radical (unpaired) electrons. The summed E-state index contributed by atoms with van der Waals surface area (Å²) in [4.78, 5) is 48.7. The van der Waals surface area contributed by atoms with Crippen molar-refractivity contribution in [1.82, 2.24) is 35.1 Å². The standard InChI is InChI=1S/C27H30N8O2S/c36-25(29-17-23-30-20-5-1-2-6-21(20)31-23)22-18-38-26(32-22)19-8-11-34(12-9-19)27(37)35-15-13-33(14-16-35)24-7-3-4-10-28-24/h1-7,10,18-19H,8-9,11-17H2,(H,29,36)(H,30,31). The Bertz CT molecular complexity index is 1370. The molecular weight excluding hydrogens is 500 g/mol. The van der Waals surface area contributed by atoms with Crippen molar-refractivity contribution >= 4 is 40.1 Å². The minimum absolute atomic E-state index is 0.119. The number of likely N-dealkylation sites (tertiary alicyclic amines) is 1. The van der Waals surface area contributed by atoms with Crippen molar-refractivity contribution in [2.24, 2.45) is 0 Å². The van der Waals surface area contributed by atoms with Crippen LogP contribution in [0.1, 0.15) is 40.1 Å². The number of piperidine rings is 1. The van der Waals surface area contributed by atoms with E-state index in [0.29, 0.717) is 44.2 Å². The van der Waals surface area contributed by atoms with Gasteiger partial charge in [-0.05, 0) is 37.1 Å². The van der Waals surface area contributed by atoms with Gasteiger partial charge >= 0.3 is 6.03 Å². The van der Waals surface area contributed by atoms with E-state index in [1.54, 1.807) is 6.20 Å². The number of imidazole rings is 1. The molecule has 0 unspecified atom stereocenters. The summed E-state index contributed by atoms with van der Waals surface area (Å²) in [5.41, 5.74) is 2.26. The van der Waals surface area contributed by atoms with E-state index in [2.05, 4.69) is 30.2 Å². The van der Waals surface area contributed by atoms with Crippen LogP contribution in [0.25, 0.3) is 11.0 Å². The zero-order chi connectivity index (χ0) is 25.9. The second kappa shape index (κ2) is 10.8. The first-order valence-electron chi connectivity index (χ1n) is 13.0. The number of fused-ring (bicyclic) bond motifs is 1. The lowest BCUT2D eigenvalue weighted by Crippen LogP contribution is -2.54. The van der Waals surface area contributed by atoms with Gasteiger partial charge in [0.25, 0.3) is 5.91 Å². The highest BCUT2D eigenvalue weighted by Crippen LogP contribution is 2.31. The number of carbonyl (C=O) groups excluding carboxylic acids is 2. The summed E-state index contributed by atoms with van der Waals surface area (Å²) in [6, 6.07) is 13.8. The molecule has 3 aromatic heterocycles. The fraction of sp³-hybridized carbons (Fsp3) is 0.370. The maximum absolute atomic E-state index is 13.1. The van der Waals surface area contributed by atoms with Crippen LogP contribution >= 0.6 is 11.3 Å². The molecule has 3 amide bonds. The summed E-state index contributed by atoms with van der Waals surface area (Å²) in [6.45, 7) is 4.72. The Morgan fingerprint density at radius 1 is 0.947 bits per heavy atom.